The third-order valence-corrected chi connectivity index (χ3v) is 3.13. The number of thiol groups is 1. The van der Waals surface area contributed by atoms with Gasteiger partial charge >= 0.3 is 0 Å². The molecule has 0 radical (unpaired) electrons. The molecule has 0 aromatic heterocycles. The van der Waals surface area contributed by atoms with E-state index >= 15 is 0 Å². The van der Waals surface area contributed by atoms with Crippen molar-refractivity contribution >= 4 is 24.2 Å². The SMILES string of the molecule is O=C(NCc1cccc([N+](=O)[O-])c1)c1ccc(F)c(S)c1. The summed E-state index contributed by atoms with van der Waals surface area (Å²) in [5, 5.41) is 13.3. The van der Waals surface area contributed by atoms with Gasteiger partial charge in [0.05, 0.1) is 4.92 Å². The van der Waals surface area contributed by atoms with Crippen LogP contribution in [0.2, 0.25) is 0 Å². The highest BCUT2D eigenvalue weighted by Crippen LogP contribution is 2.15. The van der Waals surface area contributed by atoms with Gasteiger partial charge < -0.3 is 5.32 Å². The average Bonchev–Trinajstić information content (AvgIpc) is 2.48. The van der Waals surface area contributed by atoms with Crippen LogP contribution in [0.15, 0.2) is 47.4 Å². The number of nitrogens with zero attached hydrogens (tertiary/aromatic N) is 1. The zero-order chi connectivity index (χ0) is 15.4. The zero-order valence-electron chi connectivity index (χ0n) is 10.7. The summed E-state index contributed by atoms with van der Waals surface area (Å²) in [6.07, 6.45) is 0. The van der Waals surface area contributed by atoms with Gasteiger partial charge in [0.25, 0.3) is 11.6 Å². The number of carbonyl (C=O) groups excluding carboxylic acids is 1. The molecule has 0 heterocycles. The van der Waals surface area contributed by atoms with E-state index in [0.29, 0.717) is 5.56 Å². The van der Waals surface area contributed by atoms with Crippen molar-refractivity contribution in [1.82, 2.24) is 5.32 Å². The van der Waals surface area contributed by atoms with E-state index in [0.717, 1.165) is 6.07 Å². The summed E-state index contributed by atoms with van der Waals surface area (Å²) >= 11 is 3.91. The summed E-state index contributed by atoms with van der Waals surface area (Å²) in [5.74, 6) is -0.912. The topological polar surface area (TPSA) is 72.2 Å². The summed E-state index contributed by atoms with van der Waals surface area (Å²) in [7, 11) is 0. The minimum atomic E-state index is -0.506. The summed E-state index contributed by atoms with van der Waals surface area (Å²) in [5.41, 5.74) is 0.832. The number of benzene rings is 2. The molecule has 0 unspecified atom stereocenters. The molecule has 2 rings (SSSR count). The molecule has 0 saturated carbocycles. The van der Waals surface area contributed by atoms with Crippen LogP contribution in [0.4, 0.5) is 10.1 Å². The van der Waals surface area contributed by atoms with Gasteiger partial charge in [0.1, 0.15) is 5.82 Å². The first-order valence-electron chi connectivity index (χ1n) is 5.97. The lowest BCUT2D eigenvalue weighted by Crippen LogP contribution is -2.22. The van der Waals surface area contributed by atoms with Gasteiger partial charge in [-0.15, -0.1) is 12.6 Å². The van der Waals surface area contributed by atoms with Crippen LogP contribution in [0.3, 0.4) is 0 Å². The number of non-ortho nitro benzene ring substituents is 1. The molecule has 21 heavy (non-hydrogen) atoms. The molecule has 2 aromatic carbocycles. The van der Waals surface area contributed by atoms with Crippen LogP contribution in [-0.2, 0) is 6.54 Å². The Hall–Kier alpha value is -2.41. The molecule has 0 bridgehead atoms. The van der Waals surface area contributed by atoms with Crippen molar-refractivity contribution in [3.05, 3.63) is 69.5 Å². The molecule has 108 valence electrons. The average molecular weight is 306 g/mol. The van der Waals surface area contributed by atoms with Crippen molar-refractivity contribution in [3.8, 4) is 0 Å². The third-order valence-electron chi connectivity index (χ3n) is 2.78. The van der Waals surface area contributed by atoms with E-state index in [4.69, 9.17) is 0 Å². The number of nitrogens with one attached hydrogen (secondary N) is 1. The van der Waals surface area contributed by atoms with E-state index in [-0.39, 0.29) is 22.7 Å². The predicted octanol–water partition coefficient (Wildman–Crippen LogP) is 2.95. The smallest absolute Gasteiger partial charge is 0.269 e. The van der Waals surface area contributed by atoms with E-state index in [9.17, 15) is 19.3 Å². The molecular formula is C14H11FN2O3S. The van der Waals surface area contributed by atoms with Crippen LogP contribution in [0, 0.1) is 15.9 Å². The largest absolute Gasteiger partial charge is 0.348 e. The number of carbonyl (C=O) groups is 1. The van der Waals surface area contributed by atoms with Crippen molar-refractivity contribution in [3.63, 3.8) is 0 Å². The lowest BCUT2D eigenvalue weighted by Gasteiger charge is -2.06. The van der Waals surface area contributed by atoms with Gasteiger partial charge in [0, 0.05) is 29.1 Å². The standard InChI is InChI=1S/C14H11FN2O3S/c15-12-5-4-10(7-13(12)21)14(18)16-8-9-2-1-3-11(6-9)17(19)20/h1-7,21H,8H2,(H,16,18). The first kappa shape index (κ1) is 15.0. The molecule has 7 heteroatoms. The second-order valence-corrected chi connectivity index (χ2v) is 4.76. The van der Waals surface area contributed by atoms with E-state index in [1.54, 1.807) is 12.1 Å². The maximum atomic E-state index is 13.1. The van der Waals surface area contributed by atoms with Gasteiger partial charge in [-0.1, -0.05) is 12.1 Å². The van der Waals surface area contributed by atoms with Gasteiger partial charge in [-0.25, -0.2) is 4.39 Å². The number of rotatable bonds is 4. The lowest BCUT2D eigenvalue weighted by atomic mass is 10.1. The summed E-state index contributed by atoms with van der Waals surface area (Å²) in [4.78, 5) is 22.1. The summed E-state index contributed by atoms with van der Waals surface area (Å²) in [6, 6.07) is 9.79. The van der Waals surface area contributed by atoms with E-state index in [1.165, 1.54) is 24.3 Å². The summed E-state index contributed by atoms with van der Waals surface area (Å²) < 4.78 is 13.1. The molecule has 0 saturated heterocycles. The highest BCUT2D eigenvalue weighted by Gasteiger charge is 2.09. The lowest BCUT2D eigenvalue weighted by molar-refractivity contribution is -0.384. The van der Waals surface area contributed by atoms with Gasteiger partial charge in [0.15, 0.2) is 0 Å². The number of hydrogen-bond acceptors (Lipinski definition) is 4. The molecule has 0 aliphatic carbocycles. The van der Waals surface area contributed by atoms with E-state index in [1.807, 2.05) is 0 Å². The quantitative estimate of drug-likeness (QED) is 0.518. The van der Waals surface area contributed by atoms with Crippen LogP contribution < -0.4 is 5.32 Å². The van der Waals surface area contributed by atoms with Crippen LogP contribution in [0.25, 0.3) is 0 Å². The maximum absolute atomic E-state index is 13.1. The monoisotopic (exact) mass is 306 g/mol. The maximum Gasteiger partial charge on any atom is 0.269 e. The van der Waals surface area contributed by atoms with Crippen molar-refractivity contribution in [2.75, 3.05) is 0 Å². The number of nitro groups is 1. The van der Waals surface area contributed by atoms with E-state index in [2.05, 4.69) is 17.9 Å². The fraction of sp³-hybridized carbons (Fsp3) is 0.0714. The molecular weight excluding hydrogens is 295 g/mol. The van der Waals surface area contributed by atoms with Crippen molar-refractivity contribution in [2.45, 2.75) is 11.4 Å². The van der Waals surface area contributed by atoms with Crippen LogP contribution in [0.1, 0.15) is 15.9 Å². The van der Waals surface area contributed by atoms with Gasteiger partial charge in [-0.3, -0.25) is 14.9 Å². The Bertz CT molecular complexity index is 706. The summed E-state index contributed by atoms with van der Waals surface area (Å²) in [6.45, 7) is 0.139. The number of nitro benzene ring substituents is 1. The number of amides is 1. The molecule has 0 aliphatic heterocycles. The molecule has 1 amide bonds. The Balaban J connectivity index is 2.05. The highest BCUT2D eigenvalue weighted by molar-refractivity contribution is 7.80. The molecule has 2 aromatic rings. The van der Waals surface area contributed by atoms with Crippen LogP contribution in [0.5, 0.6) is 0 Å². The minimum absolute atomic E-state index is 0.0406. The van der Waals surface area contributed by atoms with Crippen LogP contribution in [-0.4, -0.2) is 10.8 Å². The zero-order valence-corrected chi connectivity index (χ0v) is 11.6. The second kappa shape index (κ2) is 6.36. The molecule has 0 fully saturated rings. The first-order valence-corrected chi connectivity index (χ1v) is 6.42. The Morgan fingerprint density at radius 1 is 1.29 bits per heavy atom. The second-order valence-electron chi connectivity index (χ2n) is 4.28. The molecule has 0 atom stereocenters. The molecule has 0 aliphatic rings. The fourth-order valence-electron chi connectivity index (χ4n) is 1.72. The van der Waals surface area contributed by atoms with Crippen molar-refractivity contribution < 1.29 is 14.1 Å². The minimum Gasteiger partial charge on any atom is -0.348 e. The van der Waals surface area contributed by atoms with Gasteiger partial charge in [-0.05, 0) is 23.8 Å². The van der Waals surface area contributed by atoms with Crippen molar-refractivity contribution in [1.29, 1.82) is 0 Å². The number of hydrogen-bond donors (Lipinski definition) is 2. The Morgan fingerprint density at radius 2 is 2.05 bits per heavy atom. The van der Waals surface area contributed by atoms with E-state index < -0.39 is 16.6 Å². The van der Waals surface area contributed by atoms with Crippen molar-refractivity contribution in [2.24, 2.45) is 0 Å². The Morgan fingerprint density at radius 3 is 2.71 bits per heavy atom. The Kier molecular flexibility index (Phi) is 4.54. The fourth-order valence-corrected chi connectivity index (χ4v) is 1.93. The first-order chi connectivity index (χ1) is 9.97. The molecule has 5 nitrogen and oxygen atoms in total. The highest BCUT2D eigenvalue weighted by atomic mass is 32.1. The normalized spacial score (nSPS) is 10.2. The third kappa shape index (κ3) is 3.79. The van der Waals surface area contributed by atoms with Crippen LogP contribution >= 0.6 is 12.6 Å². The van der Waals surface area contributed by atoms with Gasteiger partial charge in [-0.2, -0.15) is 0 Å². The molecule has 1 N–H and O–H groups in total. The predicted molar refractivity (Wildman–Crippen MR) is 77.9 cm³/mol. The Labute approximate surface area is 125 Å². The molecule has 0 spiro atoms. The van der Waals surface area contributed by atoms with Gasteiger partial charge in [0.2, 0.25) is 0 Å². The number of halogens is 1.